The van der Waals surface area contributed by atoms with E-state index < -0.39 is 10.0 Å². The second-order valence-electron chi connectivity index (χ2n) is 3.30. The minimum absolute atomic E-state index is 0.0108. The van der Waals surface area contributed by atoms with Crippen LogP contribution in [0.5, 0.6) is 0 Å². The number of sulfonamides is 1. The van der Waals surface area contributed by atoms with E-state index in [2.05, 4.69) is 19.9 Å². The molecule has 0 fully saturated rings. The summed E-state index contributed by atoms with van der Waals surface area (Å²) in [6.45, 7) is 0.113. The van der Waals surface area contributed by atoms with Crippen LogP contribution < -0.4 is 10.3 Å². The van der Waals surface area contributed by atoms with E-state index in [1.807, 2.05) is 0 Å². The van der Waals surface area contributed by atoms with Crippen molar-refractivity contribution < 1.29 is 8.42 Å². The van der Waals surface area contributed by atoms with E-state index >= 15 is 0 Å². The van der Waals surface area contributed by atoms with Gasteiger partial charge >= 0.3 is 0 Å². The molecule has 0 spiro atoms. The lowest BCUT2D eigenvalue weighted by Crippen LogP contribution is -2.24. The Hall–Kier alpha value is -1.93. The monoisotopic (exact) mass is 254 g/mol. The first-order valence-electron chi connectivity index (χ1n) is 4.74. The summed E-state index contributed by atoms with van der Waals surface area (Å²) in [7, 11) is -3.62. The number of aromatic nitrogens is 3. The predicted molar refractivity (Wildman–Crippen MR) is 59.7 cm³/mol. The van der Waals surface area contributed by atoms with E-state index in [0.29, 0.717) is 5.69 Å². The second-order valence-corrected chi connectivity index (χ2v) is 5.06. The number of aromatic amines is 2. The van der Waals surface area contributed by atoms with E-state index in [1.165, 1.54) is 12.3 Å². The number of hydrogen-bond acceptors (Lipinski definition) is 4. The van der Waals surface area contributed by atoms with Crippen LogP contribution in [0.1, 0.15) is 5.69 Å². The van der Waals surface area contributed by atoms with Crippen LogP contribution in [-0.2, 0) is 16.6 Å². The van der Waals surface area contributed by atoms with Crippen molar-refractivity contribution in [3.63, 3.8) is 0 Å². The minimum Gasteiger partial charge on any atom is -0.328 e. The van der Waals surface area contributed by atoms with Gasteiger partial charge in [0.1, 0.15) is 0 Å². The van der Waals surface area contributed by atoms with Gasteiger partial charge in [0.05, 0.1) is 17.1 Å². The molecule has 0 aliphatic carbocycles. The lowest BCUT2D eigenvalue weighted by atomic mass is 10.4. The predicted octanol–water partition coefficient (Wildman–Crippen LogP) is -0.424. The van der Waals surface area contributed by atoms with Crippen LogP contribution in [0.3, 0.4) is 0 Å². The molecule has 2 aromatic heterocycles. The molecule has 0 aliphatic rings. The Kier molecular flexibility index (Phi) is 3.07. The van der Waals surface area contributed by atoms with Crippen molar-refractivity contribution in [3.05, 3.63) is 46.6 Å². The van der Waals surface area contributed by atoms with E-state index in [-0.39, 0.29) is 17.0 Å². The van der Waals surface area contributed by atoms with Crippen molar-refractivity contribution in [2.45, 2.75) is 11.4 Å². The maximum atomic E-state index is 11.8. The smallest absolute Gasteiger partial charge is 0.247 e. The fourth-order valence-electron chi connectivity index (χ4n) is 1.20. The molecule has 0 unspecified atom stereocenters. The second kappa shape index (κ2) is 4.52. The zero-order valence-electron chi connectivity index (χ0n) is 8.67. The lowest BCUT2D eigenvalue weighted by molar-refractivity contribution is 0.580. The normalized spacial score (nSPS) is 11.5. The quantitative estimate of drug-likeness (QED) is 0.688. The molecule has 0 amide bonds. The number of rotatable bonds is 4. The maximum Gasteiger partial charge on any atom is 0.247 e. The van der Waals surface area contributed by atoms with E-state index in [4.69, 9.17) is 0 Å². The van der Waals surface area contributed by atoms with Gasteiger partial charge in [0.2, 0.25) is 15.6 Å². The molecule has 2 aromatic rings. The highest BCUT2D eigenvalue weighted by Gasteiger charge is 2.13. The summed E-state index contributed by atoms with van der Waals surface area (Å²) in [6, 6.07) is 4.06. The number of H-pyrrole nitrogens is 2. The summed E-state index contributed by atoms with van der Waals surface area (Å²) in [6.07, 6.45) is 2.68. The van der Waals surface area contributed by atoms with Crippen LogP contribution in [0.25, 0.3) is 0 Å². The van der Waals surface area contributed by atoms with Gasteiger partial charge in [0.25, 0.3) is 0 Å². The van der Waals surface area contributed by atoms with Crippen LogP contribution in [0.15, 0.2) is 40.3 Å². The Morgan fingerprint density at radius 2 is 2.12 bits per heavy atom. The van der Waals surface area contributed by atoms with Crippen LogP contribution in [0.2, 0.25) is 0 Å². The number of hydrogen-bond donors (Lipinski definition) is 3. The third-order valence-corrected chi connectivity index (χ3v) is 3.48. The molecule has 0 aliphatic heterocycles. The molecule has 7 nitrogen and oxygen atoms in total. The van der Waals surface area contributed by atoms with Gasteiger partial charge in [-0.1, -0.05) is 0 Å². The fraction of sp³-hybridized carbons (Fsp3) is 0.111. The maximum absolute atomic E-state index is 11.8. The third-order valence-electron chi connectivity index (χ3n) is 2.08. The van der Waals surface area contributed by atoms with Crippen molar-refractivity contribution in [3.8, 4) is 0 Å². The van der Waals surface area contributed by atoms with E-state index in [0.717, 1.165) is 12.3 Å². The molecule has 8 heteroatoms. The van der Waals surface area contributed by atoms with Crippen LogP contribution in [0.4, 0.5) is 0 Å². The Balaban J connectivity index is 2.14. The molecule has 2 heterocycles. The van der Waals surface area contributed by atoms with Gasteiger partial charge in [-0.2, -0.15) is 5.10 Å². The Morgan fingerprint density at radius 3 is 2.71 bits per heavy atom. The summed E-state index contributed by atoms with van der Waals surface area (Å²) < 4.78 is 25.9. The highest BCUT2D eigenvalue weighted by atomic mass is 32.2. The lowest BCUT2D eigenvalue weighted by Gasteiger charge is -2.04. The molecule has 0 saturated heterocycles. The highest BCUT2D eigenvalue weighted by Crippen LogP contribution is 2.04. The average Bonchev–Trinajstić information content (AvgIpc) is 2.80. The molecule has 17 heavy (non-hydrogen) atoms. The summed E-state index contributed by atoms with van der Waals surface area (Å²) in [5.41, 5.74) is 0.301. The Labute approximate surface area is 96.9 Å². The van der Waals surface area contributed by atoms with Crippen molar-refractivity contribution in [1.82, 2.24) is 19.9 Å². The molecule has 3 N–H and O–H groups in total. The van der Waals surface area contributed by atoms with Crippen molar-refractivity contribution >= 4 is 10.0 Å². The van der Waals surface area contributed by atoms with Crippen LogP contribution in [-0.4, -0.2) is 23.6 Å². The molecular formula is C9H10N4O3S. The third kappa shape index (κ3) is 2.80. The summed E-state index contributed by atoms with van der Waals surface area (Å²) in [5, 5.41) is 6.34. The van der Waals surface area contributed by atoms with Gasteiger partial charge in [-0.15, -0.1) is 0 Å². The molecule has 0 radical (unpaired) electrons. The molecule has 2 rings (SSSR count). The van der Waals surface area contributed by atoms with Crippen LogP contribution >= 0.6 is 0 Å². The molecule has 90 valence electrons. The topological polar surface area (TPSA) is 108 Å². The molecule has 0 saturated carbocycles. The van der Waals surface area contributed by atoms with Gasteiger partial charge in [0, 0.05) is 18.5 Å². The number of nitrogens with one attached hydrogen (secondary N) is 3. The van der Waals surface area contributed by atoms with Gasteiger partial charge in [-0.3, -0.25) is 9.89 Å². The summed E-state index contributed by atoms with van der Waals surface area (Å²) in [5.74, 6) is 0. The van der Waals surface area contributed by atoms with Crippen molar-refractivity contribution in [2.24, 2.45) is 0 Å². The SMILES string of the molecule is O=c1ccc(S(=O)(=O)NCc2ccn[nH]2)c[nH]1. The molecule has 0 atom stereocenters. The van der Waals surface area contributed by atoms with E-state index in [9.17, 15) is 13.2 Å². The minimum atomic E-state index is -3.62. The Morgan fingerprint density at radius 1 is 1.29 bits per heavy atom. The highest BCUT2D eigenvalue weighted by molar-refractivity contribution is 7.89. The number of pyridine rings is 1. The first-order valence-corrected chi connectivity index (χ1v) is 6.23. The molecule has 0 bridgehead atoms. The zero-order valence-corrected chi connectivity index (χ0v) is 9.49. The first-order chi connectivity index (χ1) is 8.08. The Bertz CT molecular complexity index is 625. The molecule has 0 aromatic carbocycles. The van der Waals surface area contributed by atoms with Gasteiger partial charge in [-0.05, 0) is 12.1 Å². The standard InChI is InChI=1S/C9H10N4O3S/c14-9-2-1-8(6-10-9)17(15,16)12-5-7-3-4-11-13-7/h1-4,6,12H,5H2,(H,10,14)(H,11,13). The van der Waals surface area contributed by atoms with Crippen molar-refractivity contribution in [2.75, 3.05) is 0 Å². The van der Waals surface area contributed by atoms with E-state index in [1.54, 1.807) is 6.07 Å². The molecular weight excluding hydrogens is 244 g/mol. The zero-order chi connectivity index (χ0) is 12.3. The fourth-order valence-corrected chi connectivity index (χ4v) is 2.18. The van der Waals surface area contributed by atoms with Gasteiger partial charge in [0.15, 0.2) is 0 Å². The number of nitrogens with zero attached hydrogens (tertiary/aromatic N) is 1. The van der Waals surface area contributed by atoms with Crippen molar-refractivity contribution in [1.29, 1.82) is 0 Å². The van der Waals surface area contributed by atoms with Gasteiger partial charge in [-0.25, -0.2) is 13.1 Å². The van der Waals surface area contributed by atoms with Crippen LogP contribution in [0, 0.1) is 0 Å². The first kappa shape index (κ1) is 11.6. The van der Waals surface area contributed by atoms with Gasteiger partial charge < -0.3 is 4.98 Å². The average molecular weight is 254 g/mol. The largest absolute Gasteiger partial charge is 0.328 e. The summed E-state index contributed by atoms with van der Waals surface area (Å²) >= 11 is 0. The summed E-state index contributed by atoms with van der Waals surface area (Å²) in [4.78, 5) is 13.1.